The minimum atomic E-state index is -2.67. The molecule has 1 aliphatic rings. The van der Waals surface area contributed by atoms with Crippen LogP contribution in [0.15, 0.2) is 10.9 Å². The van der Waals surface area contributed by atoms with E-state index in [0.717, 1.165) is 4.57 Å². The van der Waals surface area contributed by atoms with Crippen LogP contribution in [0.2, 0.25) is 0 Å². The number of nitrogens with two attached hydrogens (primary N) is 1. The van der Waals surface area contributed by atoms with E-state index in [1.807, 2.05) is 5.92 Å². The molecule has 5 atom stereocenters. The molecule has 1 aromatic heterocycles. The van der Waals surface area contributed by atoms with E-state index in [-0.39, 0.29) is 11.5 Å². The van der Waals surface area contributed by atoms with Crippen LogP contribution >= 0.6 is 0 Å². The van der Waals surface area contributed by atoms with Gasteiger partial charge < -0.3 is 20.7 Å². The number of nitrogen functional groups attached to an aromatic ring is 1. The normalized spacial score (nSPS) is 33.6. The number of terminal acetylenes is 1. The van der Waals surface area contributed by atoms with Gasteiger partial charge in [-0.25, -0.2) is 9.18 Å². The summed E-state index contributed by atoms with van der Waals surface area (Å²) in [6, 6.07) is 1.35. The monoisotopic (exact) mass is 297 g/mol. The average molecular weight is 297 g/mol. The molecule has 0 bridgehead atoms. The molecule has 1 aromatic rings. The molecule has 21 heavy (non-hydrogen) atoms. The number of aromatic nitrogens is 2. The van der Waals surface area contributed by atoms with Crippen LogP contribution in [0.3, 0.4) is 0 Å². The molecule has 1 fully saturated rings. The van der Waals surface area contributed by atoms with Gasteiger partial charge in [-0.1, -0.05) is 5.92 Å². The van der Waals surface area contributed by atoms with E-state index in [1.165, 1.54) is 19.9 Å². The number of alkyl halides is 1. The fourth-order valence-electron chi connectivity index (χ4n) is 2.41. The summed E-state index contributed by atoms with van der Waals surface area (Å²) >= 11 is 0. The Bertz CT molecular complexity index is 654. The maximum Gasteiger partial charge on any atom is 0.351 e. The van der Waals surface area contributed by atoms with Gasteiger partial charge in [0.05, 0.1) is 6.10 Å². The van der Waals surface area contributed by atoms with Crippen molar-refractivity contribution in [2.45, 2.75) is 44.1 Å². The standard InChI is InChI=1S/C13H16FN3O4/c1-4-13(14)10(19)9(7(3)18)21-11(13)17-6(2)5-8(15)16-12(17)20/h1,5,7,9-11,18-19H,2-3H3,(H2,15,16,20)/t7-,9+,10?,11+,13?/m0/s1. The van der Waals surface area contributed by atoms with Crippen molar-refractivity contribution in [3.05, 3.63) is 22.2 Å². The second kappa shape index (κ2) is 5.11. The van der Waals surface area contributed by atoms with Gasteiger partial charge in [0.25, 0.3) is 0 Å². The highest BCUT2D eigenvalue weighted by atomic mass is 19.1. The quantitative estimate of drug-likeness (QED) is 0.611. The molecule has 4 N–H and O–H groups in total. The van der Waals surface area contributed by atoms with Gasteiger partial charge >= 0.3 is 5.69 Å². The number of anilines is 1. The summed E-state index contributed by atoms with van der Waals surface area (Å²) in [6.07, 6.45) is -0.648. The van der Waals surface area contributed by atoms with Crippen molar-refractivity contribution < 1.29 is 19.3 Å². The Balaban J connectivity index is 2.59. The third-order valence-corrected chi connectivity index (χ3v) is 3.49. The number of aliphatic hydroxyl groups is 2. The van der Waals surface area contributed by atoms with Crippen molar-refractivity contribution in [3.63, 3.8) is 0 Å². The molecule has 7 nitrogen and oxygen atoms in total. The number of halogens is 1. The molecule has 2 rings (SSSR count). The Hall–Kier alpha value is -1.95. The maximum atomic E-state index is 14.9. The zero-order valence-corrected chi connectivity index (χ0v) is 11.5. The van der Waals surface area contributed by atoms with E-state index in [4.69, 9.17) is 16.9 Å². The molecule has 0 amide bonds. The lowest BCUT2D eigenvalue weighted by Gasteiger charge is -2.25. The lowest BCUT2D eigenvalue weighted by atomic mass is 9.95. The van der Waals surface area contributed by atoms with Crippen LogP contribution in [0.5, 0.6) is 0 Å². The van der Waals surface area contributed by atoms with Crippen molar-refractivity contribution in [1.82, 2.24) is 9.55 Å². The lowest BCUT2D eigenvalue weighted by Crippen LogP contribution is -2.45. The summed E-state index contributed by atoms with van der Waals surface area (Å²) in [4.78, 5) is 15.4. The Morgan fingerprint density at radius 2 is 2.33 bits per heavy atom. The first kappa shape index (κ1) is 15.4. The highest BCUT2D eigenvalue weighted by Crippen LogP contribution is 2.42. The molecular formula is C13H16FN3O4. The molecule has 114 valence electrons. The SMILES string of the molecule is C#CC1(F)C(O)[C@@H]([C@H](C)O)O[C@H]1n1c(C)cc(N)nc1=O. The van der Waals surface area contributed by atoms with Gasteiger partial charge in [0.2, 0.25) is 5.67 Å². The summed E-state index contributed by atoms with van der Waals surface area (Å²) in [5.41, 5.74) is 2.19. The number of nitrogens with zero attached hydrogens (tertiary/aromatic N) is 2. The van der Waals surface area contributed by atoms with E-state index in [2.05, 4.69) is 4.98 Å². The first-order chi connectivity index (χ1) is 9.72. The van der Waals surface area contributed by atoms with E-state index in [1.54, 1.807) is 0 Å². The molecular weight excluding hydrogens is 281 g/mol. The van der Waals surface area contributed by atoms with Crippen LogP contribution in [0, 0.1) is 19.3 Å². The Kier molecular flexibility index (Phi) is 3.76. The van der Waals surface area contributed by atoms with Crippen LogP contribution in [0.25, 0.3) is 0 Å². The number of aryl methyl sites for hydroxylation is 1. The summed E-state index contributed by atoms with van der Waals surface area (Å²) in [7, 11) is 0. The van der Waals surface area contributed by atoms with E-state index in [0.29, 0.717) is 0 Å². The molecule has 2 unspecified atom stereocenters. The minimum absolute atomic E-state index is 0.0236. The summed E-state index contributed by atoms with van der Waals surface area (Å²) < 4.78 is 21.1. The zero-order chi connectivity index (χ0) is 15.9. The van der Waals surface area contributed by atoms with Crippen molar-refractivity contribution in [2.75, 3.05) is 5.73 Å². The molecule has 2 heterocycles. The molecule has 1 saturated heterocycles. The van der Waals surface area contributed by atoms with Crippen molar-refractivity contribution >= 4 is 5.82 Å². The molecule has 1 aliphatic heterocycles. The Morgan fingerprint density at radius 1 is 1.71 bits per heavy atom. The zero-order valence-electron chi connectivity index (χ0n) is 11.5. The van der Waals surface area contributed by atoms with Crippen LogP contribution in [-0.2, 0) is 4.74 Å². The topological polar surface area (TPSA) is 111 Å². The van der Waals surface area contributed by atoms with Gasteiger partial charge in [-0.3, -0.25) is 4.57 Å². The number of hydrogen-bond acceptors (Lipinski definition) is 6. The van der Waals surface area contributed by atoms with Gasteiger partial charge in [-0.15, -0.1) is 6.42 Å². The number of aliphatic hydroxyl groups excluding tert-OH is 2. The molecule has 8 heteroatoms. The predicted octanol–water partition coefficient (Wildman–Crippen LogP) is -0.885. The van der Waals surface area contributed by atoms with Gasteiger partial charge in [-0.05, 0) is 19.9 Å². The summed E-state index contributed by atoms with van der Waals surface area (Å²) in [5, 5.41) is 19.5. The number of rotatable bonds is 2. The first-order valence-electron chi connectivity index (χ1n) is 6.26. The van der Waals surface area contributed by atoms with E-state index >= 15 is 0 Å². The van der Waals surface area contributed by atoms with Crippen molar-refractivity contribution in [2.24, 2.45) is 0 Å². The molecule has 0 spiro atoms. The fourth-order valence-corrected chi connectivity index (χ4v) is 2.41. The molecule has 0 aromatic carbocycles. The van der Waals surface area contributed by atoms with Crippen LogP contribution in [0.1, 0.15) is 18.8 Å². The Morgan fingerprint density at radius 3 is 2.81 bits per heavy atom. The van der Waals surface area contributed by atoms with Gasteiger partial charge in [0.1, 0.15) is 18.0 Å². The number of ether oxygens (including phenoxy) is 1. The average Bonchev–Trinajstić information content (AvgIpc) is 2.63. The highest BCUT2D eigenvalue weighted by Gasteiger charge is 2.59. The lowest BCUT2D eigenvalue weighted by molar-refractivity contribution is -0.0808. The first-order valence-corrected chi connectivity index (χ1v) is 6.26. The predicted molar refractivity (Wildman–Crippen MR) is 71.9 cm³/mol. The second-order valence-electron chi connectivity index (χ2n) is 5.03. The second-order valence-corrected chi connectivity index (χ2v) is 5.03. The van der Waals surface area contributed by atoms with Crippen LogP contribution in [-0.4, -0.2) is 43.7 Å². The molecule has 0 saturated carbocycles. The van der Waals surface area contributed by atoms with E-state index < -0.39 is 35.9 Å². The minimum Gasteiger partial charge on any atom is -0.391 e. The van der Waals surface area contributed by atoms with Gasteiger partial charge in [-0.2, -0.15) is 4.98 Å². The number of hydrogen-bond donors (Lipinski definition) is 3. The van der Waals surface area contributed by atoms with E-state index in [9.17, 15) is 19.4 Å². The van der Waals surface area contributed by atoms with Gasteiger partial charge in [0.15, 0.2) is 6.23 Å². The van der Waals surface area contributed by atoms with Crippen molar-refractivity contribution in [1.29, 1.82) is 0 Å². The summed E-state index contributed by atoms with van der Waals surface area (Å²) in [6.45, 7) is 2.83. The smallest absolute Gasteiger partial charge is 0.351 e. The largest absolute Gasteiger partial charge is 0.391 e. The third-order valence-electron chi connectivity index (χ3n) is 3.49. The maximum absolute atomic E-state index is 14.9. The molecule has 0 radical (unpaired) electrons. The Labute approximate surface area is 120 Å². The summed E-state index contributed by atoms with van der Waals surface area (Å²) in [5.74, 6) is 1.80. The van der Waals surface area contributed by atoms with Crippen LogP contribution < -0.4 is 11.4 Å². The fraction of sp³-hybridized carbons (Fsp3) is 0.538. The van der Waals surface area contributed by atoms with Crippen LogP contribution in [0.4, 0.5) is 10.2 Å². The van der Waals surface area contributed by atoms with Crippen molar-refractivity contribution in [3.8, 4) is 12.3 Å². The third kappa shape index (κ3) is 2.29. The van der Waals surface area contributed by atoms with Gasteiger partial charge in [0, 0.05) is 5.69 Å². The molecule has 0 aliphatic carbocycles. The highest BCUT2D eigenvalue weighted by molar-refractivity contribution is 5.29.